The fourth-order valence-corrected chi connectivity index (χ4v) is 3.27. The minimum atomic E-state index is -0.605. The molecule has 0 aliphatic rings. The lowest BCUT2D eigenvalue weighted by molar-refractivity contribution is 0.0996. The van der Waals surface area contributed by atoms with Crippen molar-refractivity contribution in [3.63, 3.8) is 0 Å². The van der Waals surface area contributed by atoms with E-state index < -0.39 is 5.91 Å². The predicted octanol–water partition coefficient (Wildman–Crippen LogP) is 2.60. The molecule has 0 bridgehead atoms. The topological polar surface area (TPSA) is 112 Å². The van der Waals surface area contributed by atoms with Crippen LogP contribution in [0, 0.1) is 6.92 Å². The van der Waals surface area contributed by atoms with E-state index in [0.29, 0.717) is 23.6 Å². The summed E-state index contributed by atoms with van der Waals surface area (Å²) < 4.78 is 6.63. The van der Waals surface area contributed by atoms with E-state index in [4.69, 9.17) is 10.5 Å². The number of anilines is 1. The molecule has 3 aromatic heterocycles. The molecule has 0 aromatic carbocycles. The van der Waals surface area contributed by atoms with E-state index in [0.717, 1.165) is 9.71 Å². The van der Waals surface area contributed by atoms with E-state index in [1.54, 1.807) is 18.5 Å². The van der Waals surface area contributed by atoms with E-state index >= 15 is 0 Å². The van der Waals surface area contributed by atoms with Crippen LogP contribution < -0.4 is 11.1 Å². The second-order valence-electron chi connectivity index (χ2n) is 5.47. The number of aromatic nitrogens is 3. The van der Waals surface area contributed by atoms with Crippen LogP contribution in [-0.4, -0.2) is 40.1 Å². The number of rotatable bonds is 6. The molecule has 0 saturated heterocycles. The lowest BCUT2D eigenvalue weighted by atomic mass is 10.2. The van der Waals surface area contributed by atoms with Gasteiger partial charge >= 0.3 is 0 Å². The van der Waals surface area contributed by atoms with Crippen molar-refractivity contribution in [3.05, 3.63) is 52.4 Å². The highest BCUT2D eigenvalue weighted by Gasteiger charge is 2.17. The highest BCUT2D eigenvalue weighted by atomic mass is 32.1. The van der Waals surface area contributed by atoms with Crippen molar-refractivity contribution in [1.82, 2.24) is 14.6 Å². The van der Waals surface area contributed by atoms with Crippen LogP contribution in [0.2, 0.25) is 0 Å². The Hall–Kier alpha value is -3.04. The monoisotopic (exact) mass is 375 g/mol. The van der Waals surface area contributed by atoms with E-state index in [1.165, 1.54) is 29.8 Å². The summed E-state index contributed by atoms with van der Waals surface area (Å²) in [5.41, 5.74) is 6.95. The summed E-state index contributed by atoms with van der Waals surface area (Å²) in [6.45, 7) is 2.24. The molecule has 0 fully saturated rings. The summed E-state index contributed by atoms with van der Waals surface area (Å²) in [5.74, 6) is -0.938. The molecule has 3 rings (SSSR count). The summed E-state index contributed by atoms with van der Waals surface area (Å²) in [6.07, 6.45) is 8.52. The number of carbonyl (C=O) groups is 2. The fourth-order valence-electron chi connectivity index (χ4n) is 2.28. The van der Waals surface area contributed by atoms with Gasteiger partial charge in [0, 0.05) is 27.2 Å². The van der Waals surface area contributed by atoms with Crippen molar-refractivity contribution in [2.75, 3.05) is 19.0 Å². The second-order valence-corrected chi connectivity index (χ2v) is 6.54. The third-order valence-corrected chi connectivity index (χ3v) is 4.70. The van der Waals surface area contributed by atoms with Gasteiger partial charge in [-0.05, 0) is 19.1 Å². The first-order chi connectivity index (χ1) is 12.5. The molecule has 0 spiro atoms. The number of primary amides is 1. The molecular weight excluding hydrogens is 354 g/mol. The van der Waals surface area contributed by atoms with Crippen LogP contribution in [-0.2, 0) is 4.74 Å². The van der Waals surface area contributed by atoms with Crippen molar-refractivity contribution < 1.29 is 17.2 Å². The van der Waals surface area contributed by atoms with Crippen molar-refractivity contribution >= 4 is 39.7 Å². The molecule has 0 unspecified atom stereocenters. The third kappa shape index (κ3) is 3.63. The summed E-state index contributed by atoms with van der Waals surface area (Å²) in [7, 11) is 1.62. The average molecular weight is 375 g/mol. The van der Waals surface area contributed by atoms with Gasteiger partial charge in [-0.25, -0.2) is 4.52 Å². The molecule has 0 radical (unpaired) electrons. The number of nitrogens with two attached hydrogens (primary N) is 1. The minimum Gasteiger partial charge on any atom is -0.381 e. The lowest BCUT2D eigenvalue weighted by Gasteiger charge is -2.07. The number of nitrogens with zero attached hydrogens (tertiary/aromatic N) is 3. The van der Waals surface area contributed by atoms with Gasteiger partial charge in [0.2, 0.25) is 5.91 Å². The maximum absolute atomic E-state index is 12.7. The first-order valence-corrected chi connectivity index (χ1v) is 8.51. The largest absolute Gasteiger partial charge is 0.381 e. The highest BCUT2D eigenvalue weighted by Crippen LogP contribution is 2.24. The Balaban J connectivity index is 0.00000196. The number of hydrogen-bond acceptors (Lipinski definition) is 6. The van der Waals surface area contributed by atoms with Gasteiger partial charge in [-0.3, -0.25) is 14.6 Å². The van der Waals surface area contributed by atoms with Crippen molar-refractivity contribution in [1.29, 1.82) is 0 Å². The van der Waals surface area contributed by atoms with Gasteiger partial charge in [0.1, 0.15) is 4.83 Å². The minimum absolute atomic E-state index is 0. The van der Waals surface area contributed by atoms with Crippen molar-refractivity contribution in [2.24, 2.45) is 5.73 Å². The molecule has 26 heavy (non-hydrogen) atoms. The fraction of sp³-hybridized carbons (Fsp3) is 0.176. The first kappa shape index (κ1) is 17.8. The van der Waals surface area contributed by atoms with Crippen LogP contribution in [0.5, 0.6) is 0 Å². The van der Waals surface area contributed by atoms with Gasteiger partial charge < -0.3 is 15.8 Å². The Kier molecular flexibility index (Phi) is 5.10. The molecule has 0 aliphatic heterocycles. The summed E-state index contributed by atoms with van der Waals surface area (Å²) in [6, 6.07) is 1.51. The Morgan fingerprint density at radius 3 is 3.00 bits per heavy atom. The lowest BCUT2D eigenvalue weighted by Crippen LogP contribution is -2.16. The zero-order valence-corrected chi connectivity index (χ0v) is 15.0. The molecule has 2 amide bonds. The van der Waals surface area contributed by atoms with Crippen LogP contribution in [0.15, 0.2) is 30.7 Å². The predicted molar refractivity (Wildman–Crippen MR) is 104 cm³/mol. The van der Waals surface area contributed by atoms with Crippen LogP contribution in [0.25, 0.3) is 10.9 Å². The molecule has 0 aliphatic carbocycles. The molecule has 8 nitrogen and oxygen atoms in total. The van der Waals surface area contributed by atoms with Gasteiger partial charge in [-0.1, -0.05) is 6.08 Å². The quantitative estimate of drug-likeness (QED) is 0.688. The van der Waals surface area contributed by atoms with Gasteiger partial charge in [0.25, 0.3) is 5.91 Å². The number of hydrogen-bond donors (Lipinski definition) is 2. The molecule has 3 aromatic rings. The first-order valence-electron chi connectivity index (χ1n) is 7.70. The third-order valence-electron chi connectivity index (χ3n) is 3.62. The summed E-state index contributed by atoms with van der Waals surface area (Å²) in [4.78, 5) is 29.7. The molecular formula is C17H21N5O3S. The standard InChI is InChI=1S/C17H17N5O3S.2H2/c1-10-14(6-11(7-19-10)15(18)23)21-16(24)13-8-20-22-9-12(26-17(13)22)4-3-5-25-2;;/h3-4,6-9H,5H2,1-2H3,(H2,18,23)(H,21,24);2*1H/b4-3+;;. The number of ether oxygens (including phenoxy) is 1. The van der Waals surface area contributed by atoms with E-state index in [-0.39, 0.29) is 14.3 Å². The van der Waals surface area contributed by atoms with E-state index in [9.17, 15) is 9.59 Å². The zero-order valence-electron chi connectivity index (χ0n) is 14.2. The average Bonchev–Trinajstić information content (AvgIpc) is 3.16. The van der Waals surface area contributed by atoms with Crippen molar-refractivity contribution in [3.8, 4) is 0 Å². The maximum atomic E-state index is 12.7. The van der Waals surface area contributed by atoms with Gasteiger partial charge in [0.15, 0.2) is 0 Å². The Bertz CT molecular complexity index is 1020. The Labute approximate surface area is 156 Å². The van der Waals surface area contributed by atoms with Gasteiger partial charge in [-0.2, -0.15) is 5.10 Å². The number of carbonyl (C=O) groups excluding carboxylic acids is 2. The molecule has 0 saturated carbocycles. The summed E-state index contributed by atoms with van der Waals surface area (Å²) >= 11 is 1.44. The smallest absolute Gasteiger partial charge is 0.260 e. The van der Waals surface area contributed by atoms with Crippen LogP contribution in [0.4, 0.5) is 5.69 Å². The number of methoxy groups -OCH3 is 1. The van der Waals surface area contributed by atoms with Crippen LogP contribution in [0.3, 0.4) is 0 Å². The summed E-state index contributed by atoms with van der Waals surface area (Å²) in [5, 5.41) is 6.98. The molecule has 0 atom stereocenters. The number of amides is 2. The van der Waals surface area contributed by atoms with Gasteiger partial charge in [-0.15, -0.1) is 11.3 Å². The Morgan fingerprint density at radius 2 is 2.27 bits per heavy atom. The van der Waals surface area contributed by atoms with Crippen LogP contribution >= 0.6 is 11.3 Å². The van der Waals surface area contributed by atoms with E-state index in [2.05, 4.69) is 15.4 Å². The molecule has 3 heterocycles. The highest BCUT2D eigenvalue weighted by molar-refractivity contribution is 7.18. The second kappa shape index (κ2) is 7.46. The number of fused-ring (bicyclic) bond motifs is 1. The number of aryl methyl sites for hydroxylation is 1. The SMILES string of the molecule is COC/C=C/c1cn2ncc(C(=O)Nc3cc(C(N)=O)cnc3C)c2s1.[HH].[HH]. The van der Waals surface area contributed by atoms with Gasteiger partial charge in [0.05, 0.1) is 35.3 Å². The number of pyridine rings is 1. The zero-order chi connectivity index (χ0) is 18.7. The number of thiazole rings is 1. The molecule has 3 N–H and O–H groups in total. The van der Waals surface area contributed by atoms with Crippen LogP contribution in [0.1, 0.15) is 34.1 Å². The maximum Gasteiger partial charge on any atom is 0.260 e. The Morgan fingerprint density at radius 1 is 1.46 bits per heavy atom. The molecule has 9 heteroatoms. The number of nitrogens with one attached hydrogen (secondary N) is 1. The normalized spacial score (nSPS) is 11.3. The van der Waals surface area contributed by atoms with E-state index in [1.807, 2.05) is 18.3 Å². The molecule has 138 valence electrons. The van der Waals surface area contributed by atoms with Crippen molar-refractivity contribution in [2.45, 2.75) is 6.92 Å².